The average molecular weight is 277 g/mol. The lowest BCUT2D eigenvalue weighted by molar-refractivity contribution is -0.126. The number of rotatable bonds is 7. The predicted octanol–water partition coefficient (Wildman–Crippen LogP) is 2.61. The maximum absolute atomic E-state index is 11.9. The first kappa shape index (κ1) is 15.9. The van der Waals surface area contributed by atoms with Crippen LogP contribution in [0.4, 0.5) is 5.69 Å². The van der Waals surface area contributed by atoms with Gasteiger partial charge < -0.3 is 15.2 Å². The Bertz CT molecular complexity index is 511. The lowest BCUT2D eigenvalue weighted by Gasteiger charge is -2.13. The van der Waals surface area contributed by atoms with E-state index in [1.54, 1.807) is 32.1 Å². The van der Waals surface area contributed by atoms with Crippen molar-refractivity contribution in [1.82, 2.24) is 0 Å². The number of nitrogens with one attached hydrogen (secondary N) is 1. The van der Waals surface area contributed by atoms with Crippen LogP contribution in [0.1, 0.15) is 29.3 Å². The van der Waals surface area contributed by atoms with E-state index >= 15 is 0 Å². The zero-order valence-corrected chi connectivity index (χ0v) is 11.7. The van der Waals surface area contributed by atoms with Crippen LogP contribution in [0.25, 0.3) is 0 Å². The molecule has 0 aliphatic rings. The molecule has 1 aromatic carbocycles. The summed E-state index contributed by atoms with van der Waals surface area (Å²) in [5, 5.41) is 11.7. The van der Waals surface area contributed by atoms with Crippen molar-refractivity contribution in [2.45, 2.75) is 26.4 Å². The number of carbonyl (C=O) groups excluding carboxylic acids is 1. The third-order valence-corrected chi connectivity index (χ3v) is 2.79. The van der Waals surface area contributed by atoms with E-state index in [-0.39, 0.29) is 11.5 Å². The van der Waals surface area contributed by atoms with Crippen molar-refractivity contribution in [3.05, 3.63) is 42.0 Å². The van der Waals surface area contributed by atoms with Crippen molar-refractivity contribution in [3.63, 3.8) is 0 Å². The van der Waals surface area contributed by atoms with E-state index in [0.717, 1.165) is 0 Å². The van der Waals surface area contributed by atoms with Crippen molar-refractivity contribution in [2.75, 3.05) is 11.9 Å². The largest absolute Gasteiger partial charge is 0.478 e. The molecule has 5 nitrogen and oxygen atoms in total. The molecule has 0 fully saturated rings. The van der Waals surface area contributed by atoms with Crippen molar-refractivity contribution in [2.24, 2.45) is 0 Å². The number of benzene rings is 1. The topological polar surface area (TPSA) is 75.6 Å². The van der Waals surface area contributed by atoms with Gasteiger partial charge in [0.15, 0.2) is 0 Å². The van der Waals surface area contributed by atoms with E-state index in [9.17, 15) is 9.59 Å². The van der Waals surface area contributed by atoms with Gasteiger partial charge in [0.1, 0.15) is 6.10 Å². The molecule has 2 N–H and O–H groups in total. The van der Waals surface area contributed by atoms with E-state index in [2.05, 4.69) is 11.9 Å². The van der Waals surface area contributed by atoms with Gasteiger partial charge in [0.05, 0.1) is 12.2 Å². The van der Waals surface area contributed by atoms with E-state index < -0.39 is 12.1 Å². The second kappa shape index (κ2) is 7.45. The minimum atomic E-state index is -1.02. The zero-order chi connectivity index (χ0) is 15.1. The summed E-state index contributed by atoms with van der Waals surface area (Å²) in [6.07, 6.45) is 1.78. The van der Waals surface area contributed by atoms with Crippen LogP contribution in [0, 0.1) is 6.92 Å². The highest BCUT2D eigenvalue weighted by atomic mass is 16.5. The van der Waals surface area contributed by atoms with Crippen LogP contribution in [0.3, 0.4) is 0 Å². The molecule has 1 rings (SSSR count). The van der Waals surface area contributed by atoms with Gasteiger partial charge in [-0.2, -0.15) is 0 Å². The second-order valence-corrected chi connectivity index (χ2v) is 4.41. The molecule has 108 valence electrons. The van der Waals surface area contributed by atoms with Crippen molar-refractivity contribution < 1.29 is 19.4 Å². The predicted molar refractivity (Wildman–Crippen MR) is 77.0 cm³/mol. The SMILES string of the molecule is C=CCCOC(C)C(=O)Nc1ccc(C)c(C(=O)O)c1. The number of ether oxygens (including phenoxy) is 1. The number of carbonyl (C=O) groups is 2. The molecule has 1 amide bonds. The lowest BCUT2D eigenvalue weighted by atomic mass is 10.1. The number of carboxylic acids is 1. The molecule has 1 unspecified atom stereocenters. The summed E-state index contributed by atoms with van der Waals surface area (Å²) in [4.78, 5) is 22.9. The molecule has 0 aliphatic carbocycles. The summed E-state index contributed by atoms with van der Waals surface area (Å²) in [5.41, 5.74) is 1.26. The molecule has 0 saturated heterocycles. The van der Waals surface area contributed by atoms with Gasteiger partial charge in [0, 0.05) is 5.69 Å². The van der Waals surface area contributed by atoms with Crippen molar-refractivity contribution in [3.8, 4) is 0 Å². The first-order chi connectivity index (χ1) is 9.45. The fourth-order valence-corrected chi connectivity index (χ4v) is 1.58. The molecule has 1 atom stereocenters. The maximum Gasteiger partial charge on any atom is 0.336 e. The number of carboxylic acid groups (broad SMARTS) is 1. The number of hydrogen-bond donors (Lipinski definition) is 2. The standard InChI is InChI=1S/C15H19NO4/c1-4-5-8-20-11(3)14(17)16-12-7-6-10(2)13(9-12)15(18)19/h4,6-7,9,11H,1,5,8H2,2-3H3,(H,16,17)(H,18,19). The molecule has 0 spiro atoms. The normalized spacial score (nSPS) is 11.7. The zero-order valence-electron chi connectivity index (χ0n) is 11.7. The highest BCUT2D eigenvalue weighted by molar-refractivity contribution is 5.96. The Hall–Kier alpha value is -2.14. The number of aryl methyl sites for hydroxylation is 1. The number of anilines is 1. The molecular weight excluding hydrogens is 258 g/mol. The summed E-state index contributed by atoms with van der Waals surface area (Å²) in [6.45, 7) is 7.34. The number of aromatic carboxylic acids is 1. The smallest absolute Gasteiger partial charge is 0.336 e. The van der Waals surface area contributed by atoms with Crippen LogP contribution in [0.15, 0.2) is 30.9 Å². The minimum absolute atomic E-state index is 0.169. The highest BCUT2D eigenvalue weighted by Gasteiger charge is 2.14. The Morgan fingerprint density at radius 3 is 2.80 bits per heavy atom. The van der Waals surface area contributed by atoms with Gasteiger partial charge in [-0.15, -0.1) is 6.58 Å². The molecule has 0 radical (unpaired) electrons. The van der Waals surface area contributed by atoms with Crippen LogP contribution in [-0.2, 0) is 9.53 Å². The van der Waals surface area contributed by atoms with E-state index in [1.165, 1.54) is 6.07 Å². The van der Waals surface area contributed by atoms with Gasteiger partial charge in [0.2, 0.25) is 0 Å². The van der Waals surface area contributed by atoms with E-state index in [1.807, 2.05) is 0 Å². The Morgan fingerprint density at radius 2 is 2.20 bits per heavy atom. The first-order valence-corrected chi connectivity index (χ1v) is 6.33. The van der Waals surface area contributed by atoms with Crippen molar-refractivity contribution >= 4 is 17.6 Å². The molecule has 0 heterocycles. The van der Waals surface area contributed by atoms with Crippen LogP contribution < -0.4 is 5.32 Å². The Labute approximate surface area is 118 Å². The quantitative estimate of drug-likeness (QED) is 0.593. The summed E-state index contributed by atoms with van der Waals surface area (Å²) < 4.78 is 5.32. The minimum Gasteiger partial charge on any atom is -0.478 e. The molecule has 5 heteroatoms. The fraction of sp³-hybridized carbons (Fsp3) is 0.333. The van der Waals surface area contributed by atoms with Gasteiger partial charge in [0.25, 0.3) is 5.91 Å². The lowest BCUT2D eigenvalue weighted by Crippen LogP contribution is -2.28. The molecule has 0 bridgehead atoms. The average Bonchev–Trinajstić information content (AvgIpc) is 2.40. The summed E-state index contributed by atoms with van der Waals surface area (Å²) >= 11 is 0. The van der Waals surface area contributed by atoms with Crippen LogP contribution in [0.2, 0.25) is 0 Å². The van der Waals surface area contributed by atoms with Gasteiger partial charge >= 0.3 is 5.97 Å². The van der Waals surface area contributed by atoms with Gasteiger partial charge in [-0.1, -0.05) is 12.1 Å². The van der Waals surface area contributed by atoms with Gasteiger partial charge in [-0.05, 0) is 38.0 Å². The third kappa shape index (κ3) is 4.51. The highest BCUT2D eigenvalue weighted by Crippen LogP contribution is 2.15. The van der Waals surface area contributed by atoms with Crippen LogP contribution >= 0.6 is 0 Å². The molecular formula is C15H19NO4. The van der Waals surface area contributed by atoms with E-state index in [4.69, 9.17) is 9.84 Å². The summed E-state index contributed by atoms with van der Waals surface area (Å²) in [7, 11) is 0. The Morgan fingerprint density at radius 1 is 1.50 bits per heavy atom. The van der Waals surface area contributed by atoms with Crippen LogP contribution in [-0.4, -0.2) is 29.7 Å². The molecule has 0 aromatic heterocycles. The fourth-order valence-electron chi connectivity index (χ4n) is 1.58. The Balaban J connectivity index is 2.68. The van der Waals surface area contributed by atoms with Crippen molar-refractivity contribution in [1.29, 1.82) is 0 Å². The number of amides is 1. The van der Waals surface area contributed by atoms with Gasteiger partial charge in [-0.25, -0.2) is 4.79 Å². The maximum atomic E-state index is 11.9. The van der Waals surface area contributed by atoms with Gasteiger partial charge in [-0.3, -0.25) is 4.79 Å². The van der Waals surface area contributed by atoms with E-state index in [0.29, 0.717) is 24.3 Å². The molecule has 0 saturated carbocycles. The van der Waals surface area contributed by atoms with Crippen LogP contribution in [0.5, 0.6) is 0 Å². The molecule has 1 aromatic rings. The summed E-state index contributed by atoms with van der Waals surface area (Å²) in [5.74, 6) is -1.33. The first-order valence-electron chi connectivity index (χ1n) is 6.33. The Kier molecular flexibility index (Phi) is 5.93. The molecule has 20 heavy (non-hydrogen) atoms. The summed E-state index contributed by atoms with van der Waals surface area (Å²) in [6, 6.07) is 4.75. The number of hydrogen-bond acceptors (Lipinski definition) is 3. The third-order valence-electron chi connectivity index (χ3n) is 2.79. The second-order valence-electron chi connectivity index (χ2n) is 4.41. The monoisotopic (exact) mass is 277 g/mol. The molecule has 0 aliphatic heterocycles.